The average molecular weight is 206 g/mol. The molecule has 1 aromatic heterocycles. The van der Waals surface area contributed by atoms with Crippen LogP contribution in [0.1, 0.15) is 50.4 Å². The van der Waals surface area contributed by atoms with Gasteiger partial charge in [0.2, 0.25) is 0 Å². The lowest BCUT2D eigenvalue weighted by Gasteiger charge is -2.18. The van der Waals surface area contributed by atoms with E-state index < -0.39 is 0 Å². The third-order valence-corrected chi connectivity index (χ3v) is 2.89. The number of rotatable bonds is 5. The summed E-state index contributed by atoms with van der Waals surface area (Å²) in [5.41, 5.74) is 8.45. The first-order chi connectivity index (χ1) is 7.15. The smallest absolute Gasteiger partial charge is 0.0420 e. The fourth-order valence-electron chi connectivity index (χ4n) is 2.06. The van der Waals surface area contributed by atoms with Gasteiger partial charge < -0.3 is 5.73 Å². The molecule has 1 heterocycles. The van der Waals surface area contributed by atoms with Gasteiger partial charge in [-0.3, -0.25) is 4.98 Å². The molecule has 0 aromatic carbocycles. The van der Waals surface area contributed by atoms with Crippen LogP contribution < -0.4 is 5.73 Å². The van der Waals surface area contributed by atoms with Gasteiger partial charge in [0.25, 0.3) is 0 Å². The third kappa shape index (κ3) is 3.63. The Kier molecular flexibility index (Phi) is 4.76. The van der Waals surface area contributed by atoms with Crippen molar-refractivity contribution in [1.29, 1.82) is 0 Å². The van der Waals surface area contributed by atoms with Gasteiger partial charge in [-0.05, 0) is 30.9 Å². The average Bonchev–Trinajstić information content (AvgIpc) is 2.18. The number of nitrogens with two attached hydrogens (primary N) is 1. The molecule has 0 spiro atoms. The molecular weight excluding hydrogens is 184 g/mol. The van der Waals surface area contributed by atoms with E-state index in [1.165, 1.54) is 18.4 Å². The standard InChI is InChI=1S/C13H22N2/c1-4-6-10(2)9-13(14)12-7-5-8-15-11(12)3/h5,7-8,10,13H,4,6,9,14H2,1-3H3. The molecule has 2 atom stereocenters. The highest BCUT2D eigenvalue weighted by atomic mass is 14.7. The van der Waals surface area contributed by atoms with E-state index in [-0.39, 0.29) is 6.04 Å². The van der Waals surface area contributed by atoms with E-state index >= 15 is 0 Å². The molecular formula is C13H22N2. The molecule has 0 fully saturated rings. The van der Waals surface area contributed by atoms with Crippen molar-refractivity contribution in [2.45, 2.75) is 46.1 Å². The van der Waals surface area contributed by atoms with Crippen LogP contribution in [0.3, 0.4) is 0 Å². The Bertz CT molecular complexity index is 296. The first kappa shape index (κ1) is 12.2. The van der Waals surface area contributed by atoms with E-state index in [0.717, 1.165) is 12.1 Å². The summed E-state index contributed by atoms with van der Waals surface area (Å²) < 4.78 is 0. The molecule has 1 rings (SSSR count). The molecule has 0 aliphatic heterocycles. The summed E-state index contributed by atoms with van der Waals surface area (Å²) in [4.78, 5) is 4.27. The summed E-state index contributed by atoms with van der Waals surface area (Å²) in [5, 5.41) is 0. The van der Waals surface area contributed by atoms with E-state index in [1.807, 2.05) is 19.2 Å². The fourth-order valence-corrected chi connectivity index (χ4v) is 2.06. The summed E-state index contributed by atoms with van der Waals surface area (Å²) in [6, 6.07) is 4.19. The highest BCUT2D eigenvalue weighted by Crippen LogP contribution is 2.22. The highest BCUT2D eigenvalue weighted by Gasteiger charge is 2.12. The van der Waals surface area contributed by atoms with Gasteiger partial charge in [0.05, 0.1) is 0 Å². The van der Waals surface area contributed by atoms with Crippen LogP contribution in [0.4, 0.5) is 0 Å². The first-order valence-electron chi connectivity index (χ1n) is 5.82. The zero-order valence-electron chi connectivity index (χ0n) is 10.0. The SMILES string of the molecule is CCCC(C)CC(N)c1cccnc1C. The Labute approximate surface area is 92.9 Å². The lowest BCUT2D eigenvalue weighted by molar-refractivity contribution is 0.439. The van der Waals surface area contributed by atoms with E-state index in [4.69, 9.17) is 5.73 Å². The predicted molar refractivity (Wildman–Crippen MR) is 64.6 cm³/mol. The van der Waals surface area contributed by atoms with E-state index in [1.54, 1.807) is 0 Å². The minimum atomic E-state index is 0.139. The molecule has 2 heteroatoms. The summed E-state index contributed by atoms with van der Waals surface area (Å²) in [7, 11) is 0. The number of hydrogen-bond donors (Lipinski definition) is 1. The van der Waals surface area contributed by atoms with Crippen molar-refractivity contribution in [3.63, 3.8) is 0 Å². The number of aryl methyl sites for hydroxylation is 1. The molecule has 0 amide bonds. The zero-order valence-corrected chi connectivity index (χ0v) is 10.0. The number of aromatic nitrogens is 1. The lowest BCUT2D eigenvalue weighted by Crippen LogP contribution is -2.15. The normalized spacial score (nSPS) is 14.9. The van der Waals surface area contributed by atoms with Crippen LogP contribution in [-0.4, -0.2) is 4.98 Å². The van der Waals surface area contributed by atoms with Gasteiger partial charge in [-0.15, -0.1) is 0 Å². The summed E-state index contributed by atoms with van der Waals surface area (Å²) >= 11 is 0. The van der Waals surface area contributed by atoms with Crippen molar-refractivity contribution >= 4 is 0 Å². The fraction of sp³-hybridized carbons (Fsp3) is 0.615. The molecule has 0 radical (unpaired) electrons. The van der Waals surface area contributed by atoms with Crippen LogP contribution in [0.25, 0.3) is 0 Å². The molecule has 2 nitrogen and oxygen atoms in total. The molecule has 84 valence electrons. The molecule has 0 saturated carbocycles. The van der Waals surface area contributed by atoms with Crippen LogP contribution in [0.15, 0.2) is 18.3 Å². The topological polar surface area (TPSA) is 38.9 Å². The predicted octanol–water partition coefficient (Wildman–Crippen LogP) is 3.22. The van der Waals surface area contributed by atoms with E-state index in [2.05, 4.69) is 24.9 Å². The van der Waals surface area contributed by atoms with Gasteiger partial charge in [0.1, 0.15) is 0 Å². The monoisotopic (exact) mass is 206 g/mol. The maximum absolute atomic E-state index is 6.19. The molecule has 1 aromatic rings. The Morgan fingerprint density at radius 1 is 1.47 bits per heavy atom. The second kappa shape index (κ2) is 5.86. The van der Waals surface area contributed by atoms with Gasteiger partial charge >= 0.3 is 0 Å². The van der Waals surface area contributed by atoms with Crippen LogP contribution in [0, 0.1) is 12.8 Å². The largest absolute Gasteiger partial charge is 0.324 e. The van der Waals surface area contributed by atoms with Gasteiger partial charge in [0, 0.05) is 17.9 Å². The van der Waals surface area contributed by atoms with Crippen molar-refractivity contribution in [1.82, 2.24) is 4.98 Å². The molecule has 15 heavy (non-hydrogen) atoms. The van der Waals surface area contributed by atoms with Crippen molar-refractivity contribution in [2.75, 3.05) is 0 Å². The maximum Gasteiger partial charge on any atom is 0.0420 e. The molecule has 0 aliphatic carbocycles. The number of hydrogen-bond acceptors (Lipinski definition) is 2. The summed E-state index contributed by atoms with van der Waals surface area (Å²) in [6.45, 7) is 6.52. The van der Waals surface area contributed by atoms with Gasteiger partial charge in [-0.2, -0.15) is 0 Å². The Balaban J connectivity index is 2.61. The molecule has 2 N–H and O–H groups in total. The second-order valence-corrected chi connectivity index (χ2v) is 4.41. The van der Waals surface area contributed by atoms with Crippen LogP contribution in [0.5, 0.6) is 0 Å². The summed E-state index contributed by atoms with van der Waals surface area (Å²) in [6.07, 6.45) is 5.37. The number of pyridine rings is 1. The van der Waals surface area contributed by atoms with Crippen molar-refractivity contribution in [3.05, 3.63) is 29.6 Å². The van der Waals surface area contributed by atoms with Crippen LogP contribution >= 0.6 is 0 Å². The molecule has 0 bridgehead atoms. The highest BCUT2D eigenvalue weighted by molar-refractivity contribution is 5.21. The second-order valence-electron chi connectivity index (χ2n) is 4.41. The van der Waals surface area contributed by atoms with Crippen molar-refractivity contribution in [2.24, 2.45) is 11.7 Å². The number of nitrogens with zero attached hydrogens (tertiary/aromatic N) is 1. The quantitative estimate of drug-likeness (QED) is 0.803. The molecule has 2 unspecified atom stereocenters. The first-order valence-corrected chi connectivity index (χ1v) is 5.82. The molecule has 0 saturated heterocycles. The maximum atomic E-state index is 6.19. The molecule has 0 aliphatic rings. The Morgan fingerprint density at radius 2 is 2.20 bits per heavy atom. The van der Waals surface area contributed by atoms with Crippen LogP contribution in [-0.2, 0) is 0 Å². The van der Waals surface area contributed by atoms with E-state index in [9.17, 15) is 0 Å². The van der Waals surface area contributed by atoms with Crippen LogP contribution in [0.2, 0.25) is 0 Å². The van der Waals surface area contributed by atoms with Gasteiger partial charge in [0.15, 0.2) is 0 Å². The van der Waals surface area contributed by atoms with Crippen molar-refractivity contribution in [3.8, 4) is 0 Å². The minimum absolute atomic E-state index is 0.139. The van der Waals surface area contributed by atoms with Gasteiger partial charge in [-0.25, -0.2) is 0 Å². The van der Waals surface area contributed by atoms with Crippen molar-refractivity contribution < 1.29 is 0 Å². The lowest BCUT2D eigenvalue weighted by atomic mass is 9.93. The van der Waals surface area contributed by atoms with Gasteiger partial charge in [-0.1, -0.05) is 32.8 Å². The zero-order chi connectivity index (χ0) is 11.3. The van der Waals surface area contributed by atoms with E-state index in [0.29, 0.717) is 5.92 Å². The Hall–Kier alpha value is -0.890. The summed E-state index contributed by atoms with van der Waals surface area (Å²) in [5.74, 6) is 0.699. The third-order valence-electron chi connectivity index (χ3n) is 2.89. The Morgan fingerprint density at radius 3 is 2.80 bits per heavy atom. The minimum Gasteiger partial charge on any atom is -0.324 e.